The van der Waals surface area contributed by atoms with Crippen molar-refractivity contribution in [2.45, 2.75) is 59.2 Å². The highest BCUT2D eigenvalue weighted by Gasteiger charge is 2.26. The first-order chi connectivity index (χ1) is 14.7. The second kappa shape index (κ2) is 9.78. The van der Waals surface area contributed by atoms with Crippen LogP contribution in [0.1, 0.15) is 26.8 Å². The number of carbonyl (C=O) groups excluding carboxylic acids is 1. The lowest BCUT2D eigenvalue weighted by molar-refractivity contribution is -0.149. The molecular weight excluding hydrogens is 408 g/mol. The summed E-state index contributed by atoms with van der Waals surface area (Å²) in [6.07, 6.45) is 7.53. The fourth-order valence-corrected chi connectivity index (χ4v) is 4.29. The fourth-order valence-electron chi connectivity index (χ4n) is 3.53. The first-order valence-electron chi connectivity index (χ1n) is 10.9. The molecule has 1 atom stereocenters. The molecule has 0 spiro atoms. The summed E-state index contributed by atoms with van der Waals surface area (Å²) < 4.78 is 14.9. The molecule has 0 aliphatic heterocycles. The van der Waals surface area contributed by atoms with Gasteiger partial charge in [-0.3, -0.25) is 4.68 Å². The maximum atomic E-state index is 12.4. The van der Waals surface area contributed by atoms with Crippen molar-refractivity contribution in [1.82, 2.24) is 19.3 Å². The number of hydrogen-bond donors (Lipinski definition) is 0. The monoisotopic (exact) mass is 442 g/mol. The maximum absolute atomic E-state index is 12.4. The van der Waals surface area contributed by atoms with Crippen molar-refractivity contribution in [3.05, 3.63) is 36.9 Å². The molecule has 8 heteroatoms. The lowest BCUT2D eigenvalue weighted by atomic mass is 10.0. The van der Waals surface area contributed by atoms with Gasteiger partial charge in [-0.25, -0.2) is 9.78 Å². The van der Waals surface area contributed by atoms with Gasteiger partial charge in [0.2, 0.25) is 0 Å². The SMILES string of the molecule is CCOC(=O)C(C(C)C)n1cc(-c2ccnc3c2ccn3COCC[Si](C)(C)C)cn1. The first kappa shape index (κ1) is 23.2. The molecule has 3 rings (SSSR count). The number of rotatable bonds is 10. The van der Waals surface area contributed by atoms with E-state index < -0.39 is 14.1 Å². The molecule has 3 aromatic heterocycles. The summed E-state index contributed by atoms with van der Waals surface area (Å²) in [7, 11) is -1.11. The quantitative estimate of drug-likeness (QED) is 0.252. The number of nitrogens with zero attached hydrogens (tertiary/aromatic N) is 4. The van der Waals surface area contributed by atoms with Crippen LogP contribution in [0.4, 0.5) is 0 Å². The minimum absolute atomic E-state index is 0.0682. The van der Waals surface area contributed by atoms with Gasteiger partial charge in [0, 0.05) is 44.2 Å². The number of esters is 1. The minimum atomic E-state index is -1.11. The summed E-state index contributed by atoms with van der Waals surface area (Å²) in [5.74, 6) is -0.188. The number of carbonyl (C=O) groups is 1. The summed E-state index contributed by atoms with van der Waals surface area (Å²) in [5.41, 5.74) is 2.85. The van der Waals surface area contributed by atoms with Gasteiger partial charge < -0.3 is 14.0 Å². The molecule has 0 amide bonds. The lowest BCUT2D eigenvalue weighted by Gasteiger charge is -2.19. The topological polar surface area (TPSA) is 71.2 Å². The van der Waals surface area contributed by atoms with Gasteiger partial charge in [-0.15, -0.1) is 0 Å². The molecule has 3 heterocycles. The van der Waals surface area contributed by atoms with Crippen molar-refractivity contribution in [2.24, 2.45) is 5.92 Å². The lowest BCUT2D eigenvalue weighted by Crippen LogP contribution is -2.26. The zero-order valence-corrected chi connectivity index (χ0v) is 20.5. The van der Waals surface area contributed by atoms with E-state index in [-0.39, 0.29) is 11.9 Å². The van der Waals surface area contributed by atoms with Crippen LogP contribution in [-0.4, -0.2) is 46.6 Å². The molecular formula is C23H34N4O3Si. The summed E-state index contributed by atoms with van der Waals surface area (Å²) >= 11 is 0. The molecule has 0 saturated heterocycles. The van der Waals surface area contributed by atoms with Crippen LogP contribution in [0.25, 0.3) is 22.2 Å². The van der Waals surface area contributed by atoms with E-state index in [9.17, 15) is 4.79 Å². The Morgan fingerprint density at radius 2 is 2.00 bits per heavy atom. The second-order valence-corrected chi connectivity index (χ2v) is 15.0. The average Bonchev–Trinajstić information content (AvgIpc) is 3.32. The van der Waals surface area contributed by atoms with E-state index in [1.54, 1.807) is 17.1 Å². The summed E-state index contributed by atoms with van der Waals surface area (Å²) in [5, 5.41) is 5.52. The molecule has 168 valence electrons. The van der Waals surface area contributed by atoms with E-state index in [0.717, 1.165) is 34.8 Å². The molecule has 7 nitrogen and oxygen atoms in total. The molecule has 0 aromatic carbocycles. The highest BCUT2D eigenvalue weighted by atomic mass is 28.3. The van der Waals surface area contributed by atoms with Crippen molar-refractivity contribution in [2.75, 3.05) is 13.2 Å². The highest BCUT2D eigenvalue weighted by molar-refractivity contribution is 6.76. The number of pyridine rings is 1. The van der Waals surface area contributed by atoms with Gasteiger partial charge >= 0.3 is 5.97 Å². The zero-order chi connectivity index (χ0) is 22.6. The molecule has 0 bridgehead atoms. The van der Waals surface area contributed by atoms with Crippen molar-refractivity contribution in [1.29, 1.82) is 0 Å². The molecule has 3 aromatic rings. The van der Waals surface area contributed by atoms with Crippen molar-refractivity contribution in [3.63, 3.8) is 0 Å². The molecule has 0 aliphatic carbocycles. The molecule has 0 aliphatic rings. The zero-order valence-electron chi connectivity index (χ0n) is 19.5. The van der Waals surface area contributed by atoms with Crippen LogP contribution in [0.2, 0.25) is 25.7 Å². The van der Waals surface area contributed by atoms with E-state index in [1.165, 1.54) is 0 Å². The highest BCUT2D eigenvalue weighted by Crippen LogP contribution is 2.29. The standard InChI is InChI=1S/C23H34N4O3Si/c1-7-30-23(28)21(17(2)3)27-15-18(14-25-27)19-8-10-24-22-20(19)9-11-26(22)16-29-12-13-31(4,5)6/h8-11,14-15,17,21H,7,12-13,16H2,1-6H3. The normalized spacial score (nSPS) is 13.1. The van der Waals surface area contributed by atoms with Crippen LogP contribution in [0.15, 0.2) is 36.9 Å². The van der Waals surface area contributed by atoms with Crippen molar-refractivity contribution < 1.29 is 14.3 Å². The van der Waals surface area contributed by atoms with E-state index in [4.69, 9.17) is 9.47 Å². The Bertz CT molecular complexity index is 1020. The molecule has 1 unspecified atom stereocenters. The smallest absolute Gasteiger partial charge is 0.331 e. The predicted molar refractivity (Wildman–Crippen MR) is 126 cm³/mol. The second-order valence-electron chi connectivity index (χ2n) is 9.38. The third-order valence-electron chi connectivity index (χ3n) is 5.25. The Kier molecular flexibility index (Phi) is 7.33. The number of fused-ring (bicyclic) bond motifs is 1. The van der Waals surface area contributed by atoms with Gasteiger partial charge in [0.25, 0.3) is 0 Å². The first-order valence-corrected chi connectivity index (χ1v) is 14.6. The van der Waals surface area contributed by atoms with Crippen LogP contribution < -0.4 is 0 Å². The van der Waals surface area contributed by atoms with Crippen LogP contribution in [0.5, 0.6) is 0 Å². The molecule has 0 fully saturated rings. The Labute approximate surface area is 185 Å². The van der Waals surface area contributed by atoms with Crippen LogP contribution in [0, 0.1) is 5.92 Å². The predicted octanol–water partition coefficient (Wildman–Crippen LogP) is 4.97. The van der Waals surface area contributed by atoms with Gasteiger partial charge in [0.05, 0.1) is 12.8 Å². The molecule has 0 N–H and O–H groups in total. The third-order valence-corrected chi connectivity index (χ3v) is 6.95. The van der Waals surface area contributed by atoms with Gasteiger partial charge in [-0.2, -0.15) is 5.10 Å². The Balaban J connectivity index is 1.82. The molecule has 0 radical (unpaired) electrons. The summed E-state index contributed by atoms with van der Waals surface area (Å²) in [6, 6.07) is 4.73. The van der Waals surface area contributed by atoms with Gasteiger partial charge in [-0.1, -0.05) is 33.5 Å². The molecule has 31 heavy (non-hydrogen) atoms. The number of aromatic nitrogens is 4. The third kappa shape index (κ3) is 5.62. The number of hydrogen-bond acceptors (Lipinski definition) is 5. The summed E-state index contributed by atoms with van der Waals surface area (Å²) in [4.78, 5) is 17.0. The molecule has 0 saturated carbocycles. The van der Waals surface area contributed by atoms with Gasteiger partial charge in [0.15, 0.2) is 6.04 Å². The Hall–Kier alpha value is -2.45. The largest absolute Gasteiger partial charge is 0.464 e. The summed E-state index contributed by atoms with van der Waals surface area (Å²) in [6.45, 7) is 14.5. The Morgan fingerprint density at radius 1 is 1.23 bits per heavy atom. The Morgan fingerprint density at radius 3 is 2.68 bits per heavy atom. The van der Waals surface area contributed by atoms with Crippen molar-refractivity contribution >= 4 is 25.1 Å². The van der Waals surface area contributed by atoms with Crippen LogP contribution >= 0.6 is 0 Å². The fraction of sp³-hybridized carbons (Fsp3) is 0.522. The van der Waals surface area contributed by atoms with Gasteiger partial charge in [-0.05, 0) is 36.6 Å². The van der Waals surface area contributed by atoms with Crippen molar-refractivity contribution in [3.8, 4) is 11.1 Å². The van der Waals surface area contributed by atoms with Gasteiger partial charge in [0.1, 0.15) is 12.4 Å². The van der Waals surface area contributed by atoms with E-state index in [0.29, 0.717) is 13.3 Å². The number of ether oxygens (including phenoxy) is 2. The van der Waals surface area contributed by atoms with E-state index in [1.807, 2.05) is 43.8 Å². The van der Waals surface area contributed by atoms with Crippen LogP contribution in [0.3, 0.4) is 0 Å². The van der Waals surface area contributed by atoms with E-state index >= 15 is 0 Å². The maximum Gasteiger partial charge on any atom is 0.331 e. The minimum Gasteiger partial charge on any atom is -0.464 e. The average molecular weight is 443 g/mol. The van der Waals surface area contributed by atoms with Crippen LogP contribution in [-0.2, 0) is 21.0 Å². The van der Waals surface area contributed by atoms with E-state index in [2.05, 4.69) is 35.8 Å².